The molecule has 9 heteroatoms. The molecule has 1 unspecified atom stereocenters. The zero-order chi connectivity index (χ0) is 19.6. The zero-order valence-electron chi connectivity index (χ0n) is 15.3. The van der Waals surface area contributed by atoms with Gasteiger partial charge in [0.2, 0.25) is 5.91 Å². The first-order valence-electron chi connectivity index (χ1n) is 8.84. The van der Waals surface area contributed by atoms with Gasteiger partial charge in [-0.1, -0.05) is 28.9 Å². The molecule has 8 nitrogen and oxygen atoms in total. The lowest BCUT2D eigenvalue weighted by atomic mass is 9.91. The molecule has 2 heterocycles. The van der Waals surface area contributed by atoms with E-state index in [2.05, 4.69) is 20.9 Å². The number of carbonyl (C=O) groups excluding carboxylic acids is 2. The van der Waals surface area contributed by atoms with Gasteiger partial charge in [0.15, 0.2) is 5.69 Å². The van der Waals surface area contributed by atoms with Crippen LogP contribution in [0, 0.1) is 6.92 Å². The molecule has 1 aromatic heterocycles. The van der Waals surface area contributed by atoms with Crippen LogP contribution in [0.4, 0.5) is 0 Å². The molecule has 0 saturated carbocycles. The summed E-state index contributed by atoms with van der Waals surface area (Å²) in [5.74, 6) is -1.20. The molecule has 1 aromatic carbocycles. The molecule has 0 aliphatic carbocycles. The summed E-state index contributed by atoms with van der Waals surface area (Å²) < 4.78 is 1.79. The molecule has 0 bridgehead atoms. The van der Waals surface area contributed by atoms with E-state index < -0.39 is 17.4 Å². The second-order valence-electron chi connectivity index (χ2n) is 6.90. The fourth-order valence-electron chi connectivity index (χ4n) is 3.31. The lowest BCUT2D eigenvalue weighted by Gasteiger charge is -2.28. The van der Waals surface area contributed by atoms with Crippen LogP contribution in [0.25, 0.3) is 0 Å². The average molecular weight is 391 g/mol. The highest BCUT2D eigenvalue weighted by molar-refractivity contribution is 6.30. The van der Waals surface area contributed by atoms with E-state index in [-0.39, 0.29) is 11.7 Å². The summed E-state index contributed by atoms with van der Waals surface area (Å²) in [5, 5.41) is 14.7. The van der Waals surface area contributed by atoms with Gasteiger partial charge in [-0.3, -0.25) is 9.59 Å². The minimum absolute atomic E-state index is 0.183. The third-order valence-corrected chi connectivity index (χ3v) is 5.29. The molecule has 0 spiro atoms. The fourth-order valence-corrected chi connectivity index (χ4v) is 3.50. The Bertz CT molecular complexity index is 861. The minimum atomic E-state index is -1.42. The minimum Gasteiger partial charge on any atom is -0.367 e. The van der Waals surface area contributed by atoms with Crippen molar-refractivity contribution >= 4 is 23.4 Å². The number of benzene rings is 1. The van der Waals surface area contributed by atoms with Crippen molar-refractivity contribution in [2.45, 2.75) is 38.3 Å². The van der Waals surface area contributed by atoms with Crippen LogP contribution in [0.2, 0.25) is 5.02 Å². The molecule has 27 heavy (non-hydrogen) atoms. The lowest BCUT2D eigenvalue weighted by molar-refractivity contribution is -0.123. The number of nitrogens with two attached hydrogens (primary N) is 1. The van der Waals surface area contributed by atoms with E-state index >= 15 is 0 Å². The van der Waals surface area contributed by atoms with E-state index in [1.54, 1.807) is 42.8 Å². The van der Waals surface area contributed by atoms with Crippen LogP contribution in [0.1, 0.15) is 47.6 Å². The van der Waals surface area contributed by atoms with Crippen LogP contribution < -0.4 is 16.4 Å². The normalized spacial score (nSPS) is 17.3. The summed E-state index contributed by atoms with van der Waals surface area (Å²) in [6.45, 7) is 5.16. The summed E-state index contributed by atoms with van der Waals surface area (Å²) >= 11 is 6.03. The third-order valence-electron chi connectivity index (χ3n) is 5.06. The topological polar surface area (TPSA) is 115 Å². The van der Waals surface area contributed by atoms with Gasteiger partial charge in [-0.05, 0) is 57.5 Å². The Labute approximate surface area is 162 Å². The first-order valence-corrected chi connectivity index (χ1v) is 9.21. The average Bonchev–Trinajstić information content (AvgIpc) is 3.03. The lowest BCUT2D eigenvalue weighted by Crippen LogP contribution is -2.53. The van der Waals surface area contributed by atoms with Crippen molar-refractivity contribution in [2.24, 2.45) is 5.73 Å². The molecule has 1 aliphatic heterocycles. The highest BCUT2D eigenvalue weighted by Crippen LogP contribution is 2.25. The van der Waals surface area contributed by atoms with E-state index in [0.29, 0.717) is 16.3 Å². The quantitative estimate of drug-likeness (QED) is 0.711. The summed E-state index contributed by atoms with van der Waals surface area (Å²) in [6.07, 6.45) is 1.85. The number of halogens is 1. The molecule has 1 saturated heterocycles. The SMILES string of the molecule is Cc1c(C(=O)NC(C)(C(N)=O)c2cccc(Cl)c2)nnn1C1CCNCC1. The predicted octanol–water partition coefficient (Wildman–Crippen LogP) is 1.29. The van der Waals surface area contributed by atoms with Gasteiger partial charge in [0.1, 0.15) is 5.54 Å². The fraction of sp³-hybridized carbons (Fsp3) is 0.444. The number of aromatic nitrogens is 3. The third kappa shape index (κ3) is 3.81. The smallest absolute Gasteiger partial charge is 0.274 e. The Hall–Kier alpha value is -2.45. The van der Waals surface area contributed by atoms with Crippen molar-refractivity contribution in [2.75, 3.05) is 13.1 Å². The Morgan fingerprint density at radius 1 is 1.37 bits per heavy atom. The Balaban J connectivity index is 1.87. The highest BCUT2D eigenvalue weighted by atomic mass is 35.5. The largest absolute Gasteiger partial charge is 0.367 e. The standard InChI is InChI=1S/C18H23ClN6O2/c1-11-15(23-24-25(11)14-6-8-21-9-7-14)16(26)22-18(2,17(20)27)12-4-3-5-13(19)10-12/h3-5,10,14,21H,6-9H2,1-2H3,(H2,20,27)(H,22,26). The number of piperidine rings is 1. The van der Waals surface area contributed by atoms with E-state index in [9.17, 15) is 9.59 Å². The van der Waals surface area contributed by atoms with Crippen LogP contribution in [0.3, 0.4) is 0 Å². The first kappa shape index (κ1) is 19.3. The van der Waals surface area contributed by atoms with Gasteiger partial charge in [0.05, 0.1) is 11.7 Å². The number of hydrogen-bond donors (Lipinski definition) is 3. The van der Waals surface area contributed by atoms with Crippen molar-refractivity contribution in [1.82, 2.24) is 25.6 Å². The molecule has 1 atom stereocenters. The maximum Gasteiger partial charge on any atom is 0.274 e. The number of carbonyl (C=O) groups is 2. The maximum atomic E-state index is 12.9. The molecule has 4 N–H and O–H groups in total. The molecule has 1 fully saturated rings. The van der Waals surface area contributed by atoms with E-state index in [1.165, 1.54) is 0 Å². The molecule has 144 valence electrons. The van der Waals surface area contributed by atoms with Gasteiger partial charge in [0.25, 0.3) is 5.91 Å². The predicted molar refractivity (Wildman–Crippen MR) is 101 cm³/mol. The monoisotopic (exact) mass is 390 g/mol. The van der Waals surface area contributed by atoms with Crippen LogP contribution >= 0.6 is 11.6 Å². The maximum absolute atomic E-state index is 12.9. The van der Waals surface area contributed by atoms with E-state index in [4.69, 9.17) is 17.3 Å². The van der Waals surface area contributed by atoms with Crippen LogP contribution in [-0.4, -0.2) is 39.9 Å². The number of primary amides is 1. The van der Waals surface area contributed by atoms with Gasteiger partial charge < -0.3 is 16.4 Å². The Morgan fingerprint density at radius 2 is 2.07 bits per heavy atom. The molecule has 3 rings (SSSR count). The van der Waals surface area contributed by atoms with Crippen LogP contribution in [0.5, 0.6) is 0 Å². The molecule has 1 aliphatic rings. The van der Waals surface area contributed by atoms with Crippen molar-refractivity contribution < 1.29 is 9.59 Å². The Kier molecular flexibility index (Phi) is 5.48. The molecule has 0 radical (unpaired) electrons. The molecule has 2 aromatic rings. The molecule has 2 amide bonds. The molecular formula is C18H23ClN6O2. The van der Waals surface area contributed by atoms with E-state index in [0.717, 1.165) is 25.9 Å². The zero-order valence-corrected chi connectivity index (χ0v) is 16.1. The summed E-state index contributed by atoms with van der Waals surface area (Å²) in [4.78, 5) is 25.0. The van der Waals surface area contributed by atoms with Crippen molar-refractivity contribution in [3.05, 3.63) is 46.2 Å². The van der Waals surface area contributed by atoms with Gasteiger partial charge >= 0.3 is 0 Å². The van der Waals surface area contributed by atoms with Crippen LogP contribution in [0.15, 0.2) is 24.3 Å². The Morgan fingerprint density at radius 3 is 2.70 bits per heavy atom. The van der Waals surface area contributed by atoms with Crippen molar-refractivity contribution in [3.63, 3.8) is 0 Å². The number of amides is 2. The van der Waals surface area contributed by atoms with Gasteiger partial charge in [-0.25, -0.2) is 4.68 Å². The van der Waals surface area contributed by atoms with Gasteiger partial charge in [0, 0.05) is 5.02 Å². The number of nitrogens with zero attached hydrogens (tertiary/aromatic N) is 3. The second kappa shape index (κ2) is 7.66. The second-order valence-corrected chi connectivity index (χ2v) is 7.34. The summed E-state index contributed by atoms with van der Waals surface area (Å²) in [7, 11) is 0. The van der Waals surface area contributed by atoms with Crippen LogP contribution in [-0.2, 0) is 10.3 Å². The van der Waals surface area contributed by atoms with Crippen molar-refractivity contribution in [1.29, 1.82) is 0 Å². The number of rotatable bonds is 5. The van der Waals surface area contributed by atoms with Gasteiger partial charge in [-0.15, -0.1) is 5.10 Å². The molecular weight excluding hydrogens is 368 g/mol. The highest BCUT2D eigenvalue weighted by Gasteiger charge is 2.37. The number of hydrogen-bond acceptors (Lipinski definition) is 5. The first-order chi connectivity index (χ1) is 12.8. The van der Waals surface area contributed by atoms with E-state index in [1.807, 2.05) is 0 Å². The number of nitrogens with one attached hydrogen (secondary N) is 2. The van der Waals surface area contributed by atoms with Crippen molar-refractivity contribution in [3.8, 4) is 0 Å². The van der Waals surface area contributed by atoms with Gasteiger partial charge in [-0.2, -0.15) is 0 Å². The summed E-state index contributed by atoms with van der Waals surface area (Å²) in [6, 6.07) is 6.88. The summed E-state index contributed by atoms with van der Waals surface area (Å²) in [5.41, 5.74) is 5.52.